The van der Waals surface area contributed by atoms with Crippen LogP contribution >= 0.6 is 0 Å². The van der Waals surface area contributed by atoms with Crippen molar-refractivity contribution in [1.29, 1.82) is 0 Å². The first-order valence-electron chi connectivity index (χ1n) is 5.16. The molecule has 1 nitrogen and oxygen atoms in total. The van der Waals surface area contributed by atoms with E-state index in [1.165, 1.54) is 5.20 Å². The summed E-state index contributed by atoms with van der Waals surface area (Å²) in [5.41, 5.74) is 0.843. The van der Waals surface area contributed by atoms with Gasteiger partial charge < -0.3 is 4.74 Å². The minimum absolute atomic E-state index is 0.236. The molecular weight excluding hydrogens is 188 g/mol. The molecule has 1 aliphatic rings. The van der Waals surface area contributed by atoms with Crippen LogP contribution in [0.1, 0.15) is 27.2 Å². The van der Waals surface area contributed by atoms with Crippen LogP contribution in [0.15, 0.2) is 35.6 Å². The summed E-state index contributed by atoms with van der Waals surface area (Å²) in [4.78, 5) is 0. The third-order valence-electron chi connectivity index (χ3n) is 2.51. The van der Waals surface area contributed by atoms with E-state index in [4.69, 9.17) is 4.74 Å². The van der Waals surface area contributed by atoms with Gasteiger partial charge in [-0.2, -0.15) is 0 Å². The average molecular weight is 208 g/mol. The van der Waals surface area contributed by atoms with E-state index in [2.05, 4.69) is 38.7 Å². The summed E-state index contributed by atoms with van der Waals surface area (Å²) in [5.74, 6) is 0. The first-order chi connectivity index (χ1) is 6.46. The number of ether oxygens (including phenoxy) is 1. The third kappa shape index (κ3) is 2.46. The maximum Gasteiger partial charge on any atom is 0.111 e. The van der Waals surface area contributed by atoms with Crippen LogP contribution in [-0.2, 0) is 4.74 Å². The molecule has 0 spiro atoms. The third-order valence-corrected chi connectivity index (χ3v) is 3.25. The van der Waals surface area contributed by atoms with Crippen molar-refractivity contribution < 1.29 is 4.74 Å². The molecule has 0 saturated carbocycles. The Morgan fingerprint density at radius 2 is 2.29 bits per heavy atom. The molecule has 0 saturated heterocycles. The van der Waals surface area contributed by atoms with Crippen LogP contribution in [0.3, 0.4) is 0 Å². The first-order valence-corrected chi connectivity index (χ1v) is 6.16. The molecule has 0 aromatic carbocycles. The van der Waals surface area contributed by atoms with Crippen molar-refractivity contribution >= 4 is 10.2 Å². The zero-order valence-electron chi connectivity index (χ0n) is 9.63. The molecule has 1 aliphatic carbocycles. The van der Waals surface area contributed by atoms with Gasteiger partial charge in [0.1, 0.15) is 5.60 Å². The van der Waals surface area contributed by atoms with Crippen LogP contribution < -0.4 is 0 Å². The predicted octanol–water partition coefficient (Wildman–Crippen LogP) is 1.94. The molecule has 78 valence electrons. The summed E-state index contributed by atoms with van der Waals surface area (Å²) < 4.78 is 5.97. The number of hydrogen-bond acceptors (Lipinski definition) is 1. The molecule has 0 amide bonds. The fourth-order valence-electron chi connectivity index (χ4n) is 1.64. The van der Waals surface area contributed by atoms with E-state index in [0.717, 1.165) is 22.2 Å². The normalized spacial score (nSPS) is 26.7. The quantitative estimate of drug-likeness (QED) is 0.509. The second-order valence-electron chi connectivity index (χ2n) is 4.32. The second-order valence-corrected chi connectivity index (χ2v) is 5.48. The summed E-state index contributed by atoms with van der Waals surface area (Å²) in [6.07, 6.45) is 7.78. The Morgan fingerprint density at radius 1 is 1.64 bits per heavy atom. The Kier molecular flexibility index (Phi) is 3.51. The minimum Gasteiger partial charge on any atom is -0.364 e. The van der Waals surface area contributed by atoms with Gasteiger partial charge in [0, 0.05) is 16.7 Å². The van der Waals surface area contributed by atoms with Crippen LogP contribution in [0, 0.1) is 0 Å². The highest BCUT2D eigenvalue weighted by Crippen LogP contribution is 2.31. The molecule has 0 aliphatic heterocycles. The smallest absolute Gasteiger partial charge is 0.111 e. The Bertz CT molecular complexity index is 289. The zero-order chi connectivity index (χ0) is 10.8. The molecule has 0 aromatic rings. The van der Waals surface area contributed by atoms with Crippen molar-refractivity contribution in [3.8, 4) is 0 Å². The Hall–Kier alpha value is -0.603. The van der Waals surface area contributed by atoms with Gasteiger partial charge in [-0.25, -0.2) is 0 Å². The molecule has 1 unspecified atom stereocenters. The van der Waals surface area contributed by atoms with E-state index in [0.29, 0.717) is 0 Å². The molecule has 0 aromatic heterocycles. The second kappa shape index (κ2) is 4.28. The zero-order valence-corrected chi connectivity index (χ0v) is 11.6. The summed E-state index contributed by atoms with van der Waals surface area (Å²) in [6.45, 7) is 10.2. The summed E-state index contributed by atoms with van der Waals surface area (Å²) >= 11 is 0. The van der Waals surface area contributed by atoms with E-state index in [1.807, 2.05) is 6.92 Å². The van der Waals surface area contributed by atoms with Crippen molar-refractivity contribution in [2.45, 2.75) is 38.9 Å². The first kappa shape index (κ1) is 11.5. The monoisotopic (exact) mass is 208 g/mol. The standard InChI is InChI=1S/C12H20OSi/c1-9(2)12(13-10(3)4)7-5-11(14)6-8-12/h5-7,10H,1,8H2,2-4,14H3. The number of allylic oxidation sites excluding steroid dienone is 2. The fourth-order valence-corrected chi connectivity index (χ4v) is 2.01. The van der Waals surface area contributed by atoms with Crippen molar-refractivity contribution in [1.82, 2.24) is 0 Å². The van der Waals surface area contributed by atoms with E-state index in [1.54, 1.807) is 0 Å². The van der Waals surface area contributed by atoms with Gasteiger partial charge >= 0.3 is 0 Å². The Labute approximate surface area is 90.0 Å². The van der Waals surface area contributed by atoms with Gasteiger partial charge in [-0.15, -0.1) is 0 Å². The van der Waals surface area contributed by atoms with Crippen LogP contribution in [0.4, 0.5) is 0 Å². The van der Waals surface area contributed by atoms with Crippen LogP contribution in [-0.4, -0.2) is 21.9 Å². The lowest BCUT2D eigenvalue weighted by Gasteiger charge is -2.34. The topological polar surface area (TPSA) is 9.23 Å². The van der Waals surface area contributed by atoms with E-state index in [9.17, 15) is 0 Å². The lowest BCUT2D eigenvalue weighted by atomic mass is 9.88. The van der Waals surface area contributed by atoms with Crippen LogP contribution in [0.25, 0.3) is 0 Å². The molecule has 14 heavy (non-hydrogen) atoms. The molecule has 1 atom stereocenters. The maximum atomic E-state index is 5.97. The molecule has 0 radical (unpaired) electrons. The molecular formula is C12H20OSi. The van der Waals surface area contributed by atoms with Gasteiger partial charge in [-0.05, 0) is 32.4 Å². The van der Waals surface area contributed by atoms with E-state index < -0.39 is 0 Å². The van der Waals surface area contributed by atoms with Crippen molar-refractivity contribution in [2.75, 3.05) is 0 Å². The van der Waals surface area contributed by atoms with E-state index >= 15 is 0 Å². The number of rotatable bonds is 3. The van der Waals surface area contributed by atoms with Crippen molar-refractivity contribution in [3.05, 3.63) is 35.6 Å². The van der Waals surface area contributed by atoms with Gasteiger partial charge in [-0.3, -0.25) is 0 Å². The molecule has 0 N–H and O–H groups in total. The van der Waals surface area contributed by atoms with E-state index in [-0.39, 0.29) is 11.7 Å². The average Bonchev–Trinajstić information content (AvgIpc) is 2.08. The summed E-state index contributed by atoms with van der Waals surface area (Å²) in [7, 11) is 1.11. The van der Waals surface area contributed by atoms with Crippen molar-refractivity contribution in [2.24, 2.45) is 0 Å². The van der Waals surface area contributed by atoms with Gasteiger partial charge in [0.05, 0.1) is 6.10 Å². The highest BCUT2D eigenvalue weighted by Gasteiger charge is 2.30. The Morgan fingerprint density at radius 3 is 2.64 bits per heavy atom. The molecule has 0 heterocycles. The lowest BCUT2D eigenvalue weighted by molar-refractivity contribution is -0.0216. The van der Waals surface area contributed by atoms with Crippen molar-refractivity contribution in [3.63, 3.8) is 0 Å². The number of hydrogen-bond donors (Lipinski definition) is 0. The summed E-state index contributed by atoms with van der Waals surface area (Å²) in [5, 5.41) is 1.44. The van der Waals surface area contributed by atoms with Gasteiger partial charge in [0.25, 0.3) is 0 Å². The highest BCUT2D eigenvalue weighted by molar-refractivity contribution is 6.23. The molecule has 0 fully saturated rings. The molecule has 1 rings (SSSR count). The minimum atomic E-state index is -0.248. The maximum absolute atomic E-state index is 5.97. The van der Waals surface area contributed by atoms with Gasteiger partial charge in [0.2, 0.25) is 0 Å². The largest absolute Gasteiger partial charge is 0.364 e. The highest BCUT2D eigenvalue weighted by atomic mass is 28.1. The van der Waals surface area contributed by atoms with Crippen LogP contribution in [0.2, 0.25) is 0 Å². The van der Waals surface area contributed by atoms with Gasteiger partial charge in [0.15, 0.2) is 0 Å². The lowest BCUT2D eigenvalue weighted by Crippen LogP contribution is -2.35. The van der Waals surface area contributed by atoms with Gasteiger partial charge in [-0.1, -0.05) is 23.9 Å². The fraction of sp³-hybridized carbons (Fsp3) is 0.500. The van der Waals surface area contributed by atoms with Crippen LogP contribution in [0.5, 0.6) is 0 Å². The molecule has 0 bridgehead atoms. The predicted molar refractivity (Wildman–Crippen MR) is 65.5 cm³/mol. The Balaban J connectivity index is 2.87. The summed E-state index contributed by atoms with van der Waals surface area (Å²) in [6, 6.07) is 0. The SMILES string of the molecule is C=C(C)C1(OC(C)C)C=CC([SiH3])=CC1. The molecule has 2 heteroatoms.